The van der Waals surface area contributed by atoms with Crippen molar-refractivity contribution in [1.82, 2.24) is 4.90 Å². The monoisotopic (exact) mass is 500 g/mol. The van der Waals surface area contributed by atoms with Crippen molar-refractivity contribution in [2.24, 2.45) is 0 Å². The smallest absolute Gasteiger partial charge is 0.338 e. The third-order valence-electron chi connectivity index (χ3n) is 7.04. The molecule has 1 heterocycles. The van der Waals surface area contributed by atoms with Gasteiger partial charge in [-0.05, 0) is 112 Å². The van der Waals surface area contributed by atoms with E-state index < -0.39 is 0 Å². The molecule has 0 aromatic heterocycles. The molecule has 1 amide bonds. The van der Waals surface area contributed by atoms with Crippen molar-refractivity contribution in [2.45, 2.75) is 45.6 Å². The van der Waals surface area contributed by atoms with Crippen LogP contribution in [-0.2, 0) is 4.74 Å². The van der Waals surface area contributed by atoms with Crippen molar-refractivity contribution in [1.29, 1.82) is 0 Å². The third-order valence-corrected chi connectivity index (χ3v) is 7.04. The van der Waals surface area contributed by atoms with Crippen LogP contribution in [0.5, 0.6) is 5.75 Å². The number of benzene rings is 3. The summed E-state index contributed by atoms with van der Waals surface area (Å²) in [6, 6.07) is 21.1. The van der Waals surface area contributed by atoms with Crippen LogP contribution in [0.2, 0.25) is 0 Å². The van der Waals surface area contributed by atoms with Crippen LogP contribution in [0, 0.1) is 0 Å². The first-order valence-electron chi connectivity index (χ1n) is 13.0. The summed E-state index contributed by atoms with van der Waals surface area (Å²) in [7, 11) is 1.70. The van der Waals surface area contributed by atoms with E-state index in [9.17, 15) is 9.59 Å². The predicted octanol–water partition coefficient (Wildman–Crippen LogP) is 6.38. The molecule has 0 radical (unpaired) electrons. The van der Waals surface area contributed by atoms with E-state index in [1.54, 1.807) is 38.3 Å². The van der Waals surface area contributed by atoms with Gasteiger partial charge in [0.25, 0.3) is 5.91 Å². The predicted molar refractivity (Wildman–Crippen MR) is 147 cm³/mol. The number of carbonyl (C=O) groups excluding carboxylic acids is 2. The maximum absolute atomic E-state index is 13.0. The maximum Gasteiger partial charge on any atom is 0.338 e. The summed E-state index contributed by atoms with van der Waals surface area (Å²) in [5, 5.41) is 3.05. The Bertz CT molecular complexity index is 1230. The Hall–Kier alpha value is -3.64. The van der Waals surface area contributed by atoms with E-state index in [-0.39, 0.29) is 11.9 Å². The molecule has 0 atom stereocenters. The van der Waals surface area contributed by atoms with Gasteiger partial charge in [0.15, 0.2) is 0 Å². The Morgan fingerprint density at radius 2 is 1.68 bits per heavy atom. The fraction of sp³-hybridized carbons (Fsp3) is 0.355. The summed E-state index contributed by atoms with van der Waals surface area (Å²) in [6.45, 7) is 8.73. The number of nitrogens with one attached hydrogen (secondary N) is 1. The first-order chi connectivity index (χ1) is 17.9. The molecule has 0 aliphatic carbocycles. The topological polar surface area (TPSA) is 67.9 Å². The maximum atomic E-state index is 13.0. The normalized spacial score (nSPS) is 14.4. The second-order valence-corrected chi connectivity index (χ2v) is 9.69. The van der Waals surface area contributed by atoms with Crippen LogP contribution < -0.4 is 10.1 Å². The minimum atomic E-state index is -0.343. The molecular formula is C31H36N2O4. The zero-order valence-corrected chi connectivity index (χ0v) is 22.1. The van der Waals surface area contributed by atoms with Crippen molar-refractivity contribution in [2.75, 3.05) is 32.1 Å². The molecule has 1 fully saturated rings. The molecule has 6 nitrogen and oxygen atoms in total. The largest absolute Gasteiger partial charge is 0.496 e. The van der Waals surface area contributed by atoms with Gasteiger partial charge < -0.3 is 19.7 Å². The second kappa shape index (κ2) is 12.1. The Morgan fingerprint density at radius 3 is 2.32 bits per heavy atom. The number of hydrogen-bond donors (Lipinski definition) is 1. The number of rotatable bonds is 8. The molecule has 4 rings (SSSR count). The molecule has 1 N–H and O–H groups in total. The minimum Gasteiger partial charge on any atom is -0.496 e. The SMILES string of the molecule is CCOC(=O)c1cccc(-c2ccc(C(=O)Nc3ccc(OC)c(C4CCN(C(C)C)CC4)c3)cc2)c1. The quantitative estimate of drug-likeness (QED) is 0.364. The van der Waals surface area contributed by atoms with E-state index in [2.05, 4.69) is 30.1 Å². The summed E-state index contributed by atoms with van der Waals surface area (Å²) in [5.74, 6) is 0.768. The molecule has 6 heteroatoms. The van der Waals surface area contributed by atoms with Gasteiger partial charge in [0.05, 0.1) is 19.3 Å². The van der Waals surface area contributed by atoms with Crippen molar-refractivity contribution in [3.8, 4) is 16.9 Å². The van der Waals surface area contributed by atoms with Gasteiger partial charge in [-0.3, -0.25) is 4.79 Å². The lowest BCUT2D eigenvalue weighted by molar-refractivity contribution is 0.0526. The summed E-state index contributed by atoms with van der Waals surface area (Å²) < 4.78 is 10.8. The van der Waals surface area contributed by atoms with Crippen LogP contribution >= 0.6 is 0 Å². The summed E-state index contributed by atoms with van der Waals surface area (Å²) in [6.07, 6.45) is 2.15. The lowest BCUT2D eigenvalue weighted by Crippen LogP contribution is -2.37. The van der Waals surface area contributed by atoms with Crippen molar-refractivity contribution in [3.05, 3.63) is 83.4 Å². The summed E-state index contributed by atoms with van der Waals surface area (Å²) >= 11 is 0. The zero-order valence-electron chi connectivity index (χ0n) is 22.1. The lowest BCUT2D eigenvalue weighted by Gasteiger charge is -2.35. The third kappa shape index (κ3) is 6.38. The molecule has 0 saturated carbocycles. The van der Waals surface area contributed by atoms with Crippen LogP contribution in [0.4, 0.5) is 5.69 Å². The van der Waals surface area contributed by atoms with Gasteiger partial charge in [0.1, 0.15) is 5.75 Å². The second-order valence-electron chi connectivity index (χ2n) is 9.69. The van der Waals surface area contributed by atoms with E-state index in [1.807, 2.05) is 36.4 Å². The number of anilines is 1. The molecule has 1 aliphatic rings. The van der Waals surface area contributed by atoms with Crippen molar-refractivity contribution in [3.63, 3.8) is 0 Å². The molecule has 3 aromatic rings. The van der Waals surface area contributed by atoms with Gasteiger partial charge in [0.2, 0.25) is 0 Å². The van der Waals surface area contributed by atoms with E-state index in [0.717, 1.165) is 54.1 Å². The van der Waals surface area contributed by atoms with Gasteiger partial charge in [-0.15, -0.1) is 0 Å². The van der Waals surface area contributed by atoms with Crippen LogP contribution in [-0.4, -0.2) is 49.6 Å². The number of methoxy groups -OCH3 is 1. The molecule has 1 aliphatic heterocycles. The van der Waals surface area contributed by atoms with Gasteiger partial charge in [0, 0.05) is 17.3 Å². The fourth-order valence-corrected chi connectivity index (χ4v) is 4.92. The highest BCUT2D eigenvalue weighted by Gasteiger charge is 2.24. The number of likely N-dealkylation sites (tertiary alicyclic amines) is 1. The number of ether oxygens (including phenoxy) is 2. The molecule has 0 spiro atoms. The number of esters is 1. The van der Waals surface area contributed by atoms with Crippen LogP contribution in [0.15, 0.2) is 66.7 Å². The number of piperidine rings is 1. The van der Waals surface area contributed by atoms with Gasteiger partial charge >= 0.3 is 5.97 Å². The highest BCUT2D eigenvalue weighted by Crippen LogP contribution is 2.36. The summed E-state index contributed by atoms with van der Waals surface area (Å²) in [5.41, 5.74) is 4.79. The fourth-order valence-electron chi connectivity index (χ4n) is 4.92. The van der Waals surface area contributed by atoms with Gasteiger partial charge in [-0.25, -0.2) is 4.79 Å². The number of carbonyl (C=O) groups is 2. The van der Waals surface area contributed by atoms with Crippen molar-refractivity contribution >= 4 is 17.6 Å². The Labute approximate surface area is 219 Å². The van der Waals surface area contributed by atoms with Gasteiger partial charge in [-0.1, -0.05) is 24.3 Å². The first kappa shape index (κ1) is 26.4. The number of hydrogen-bond acceptors (Lipinski definition) is 5. The van der Waals surface area contributed by atoms with Crippen LogP contribution in [0.25, 0.3) is 11.1 Å². The number of nitrogens with zero attached hydrogens (tertiary/aromatic N) is 1. The molecular weight excluding hydrogens is 464 g/mol. The van der Waals surface area contributed by atoms with Crippen LogP contribution in [0.1, 0.15) is 65.8 Å². The minimum absolute atomic E-state index is 0.169. The number of amides is 1. The van der Waals surface area contributed by atoms with E-state index in [0.29, 0.717) is 29.7 Å². The van der Waals surface area contributed by atoms with Crippen molar-refractivity contribution < 1.29 is 19.1 Å². The molecule has 0 bridgehead atoms. The van der Waals surface area contributed by atoms with E-state index in [4.69, 9.17) is 9.47 Å². The summed E-state index contributed by atoms with van der Waals surface area (Å²) in [4.78, 5) is 27.6. The molecule has 37 heavy (non-hydrogen) atoms. The van der Waals surface area contributed by atoms with Crippen LogP contribution in [0.3, 0.4) is 0 Å². The Kier molecular flexibility index (Phi) is 8.62. The first-order valence-corrected chi connectivity index (χ1v) is 13.0. The average molecular weight is 501 g/mol. The molecule has 3 aromatic carbocycles. The average Bonchev–Trinajstić information content (AvgIpc) is 2.93. The Morgan fingerprint density at radius 1 is 0.946 bits per heavy atom. The zero-order chi connectivity index (χ0) is 26.4. The van der Waals surface area contributed by atoms with E-state index in [1.165, 1.54) is 0 Å². The molecule has 1 saturated heterocycles. The van der Waals surface area contributed by atoms with E-state index >= 15 is 0 Å². The molecule has 194 valence electrons. The highest BCUT2D eigenvalue weighted by atomic mass is 16.5. The van der Waals surface area contributed by atoms with Gasteiger partial charge in [-0.2, -0.15) is 0 Å². The standard InChI is InChI=1S/C31H36N2O4/c1-5-37-31(35)26-8-6-7-25(19-26)22-9-11-24(12-10-22)30(34)32-27-13-14-29(36-4)28(20-27)23-15-17-33(18-16-23)21(2)3/h6-14,19-21,23H,5,15-18H2,1-4H3,(H,32,34). The Balaban J connectivity index is 1.46. The highest BCUT2D eigenvalue weighted by molar-refractivity contribution is 6.04. The lowest BCUT2D eigenvalue weighted by atomic mass is 9.88. The molecule has 0 unspecified atom stereocenters.